The summed E-state index contributed by atoms with van der Waals surface area (Å²) < 4.78 is 27.4. The highest BCUT2D eigenvalue weighted by Crippen LogP contribution is 2.28. The number of anilines is 3. The van der Waals surface area contributed by atoms with Crippen LogP contribution in [0.2, 0.25) is 0 Å². The van der Waals surface area contributed by atoms with Crippen molar-refractivity contribution in [2.75, 3.05) is 36.9 Å². The molecule has 0 saturated heterocycles. The molecule has 5 aromatic heterocycles. The van der Waals surface area contributed by atoms with Crippen LogP contribution in [0.3, 0.4) is 0 Å². The van der Waals surface area contributed by atoms with Gasteiger partial charge in [-0.25, -0.2) is 14.4 Å². The second kappa shape index (κ2) is 12.9. The third kappa shape index (κ3) is 6.90. The Morgan fingerprint density at radius 2 is 2.10 bits per heavy atom. The number of aryl methyl sites for hydroxylation is 1. The molecular weight excluding hydrogens is 547 g/mol. The number of likely N-dealkylation sites (N-methyl/N-ethyl adjacent to an activating group) is 1. The minimum atomic E-state index is -0.601. The summed E-state index contributed by atoms with van der Waals surface area (Å²) in [7, 11) is 0. The second-order valence-electron chi connectivity index (χ2n) is 9.27. The van der Waals surface area contributed by atoms with E-state index in [0.29, 0.717) is 24.7 Å². The molecule has 0 fully saturated rings. The van der Waals surface area contributed by atoms with Crippen molar-refractivity contribution in [3.8, 4) is 11.3 Å². The average Bonchev–Trinajstić information content (AvgIpc) is 3.70. The van der Waals surface area contributed by atoms with Gasteiger partial charge in [0, 0.05) is 43.9 Å². The number of nitrogens with one attached hydrogen (secondary N) is 2. The number of amides is 1. The van der Waals surface area contributed by atoms with E-state index in [1.165, 1.54) is 28.5 Å². The molecule has 214 valence electrons. The first-order valence-electron chi connectivity index (χ1n) is 13.2. The maximum absolute atomic E-state index is 13.8. The van der Waals surface area contributed by atoms with Gasteiger partial charge in [0.15, 0.2) is 17.3 Å². The molecule has 0 aliphatic rings. The number of halogens is 1. The number of pyridine rings is 1. The number of imidazole rings is 1. The molecule has 5 heterocycles. The van der Waals surface area contributed by atoms with Crippen LogP contribution in [0.5, 0.6) is 0 Å². The van der Waals surface area contributed by atoms with Gasteiger partial charge in [-0.2, -0.15) is 9.47 Å². The number of nitrogens with zero attached hydrogens (tertiary/aromatic N) is 8. The fourth-order valence-electron chi connectivity index (χ4n) is 4.28. The van der Waals surface area contributed by atoms with E-state index in [4.69, 9.17) is 4.74 Å². The van der Waals surface area contributed by atoms with Crippen LogP contribution in [0.4, 0.5) is 20.9 Å². The molecule has 0 unspecified atom stereocenters. The number of carbonyl (C=O) groups excluding carboxylic acids is 1. The SMILES string of the molecule is CCOCCN(CC)Cc1cc(Nc2nc(C)cn3c(-c4cnn(CC(=O)Nc5ccncc5F)c4)cnc23)sn1. The normalized spacial score (nSPS) is 11.4. The van der Waals surface area contributed by atoms with Gasteiger partial charge in [-0.1, -0.05) is 6.92 Å². The predicted octanol–water partition coefficient (Wildman–Crippen LogP) is 4.13. The highest BCUT2D eigenvalue weighted by molar-refractivity contribution is 7.10. The van der Waals surface area contributed by atoms with Gasteiger partial charge < -0.3 is 15.4 Å². The summed E-state index contributed by atoms with van der Waals surface area (Å²) in [5.41, 5.74) is 4.04. The van der Waals surface area contributed by atoms with Crippen LogP contribution in [0.1, 0.15) is 25.2 Å². The number of aromatic nitrogens is 7. The molecule has 0 saturated carbocycles. The van der Waals surface area contributed by atoms with Crippen molar-refractivity contribution in [2.45, 2.75) is 33.9 Å². The first-order valence-corrected chi connectivity index (χ1v) is 14.0. The number of hydrogen-bond acceptors (Lipinski definition) is 10. The summed E-state index contributed by atoms with van der Waals surface area (Å²) in [6, 6.07) is 3.43. The average molecular weight is 579 g/mol. The molecule has 0 aliphatic carbocycles. The molecule has 41 heavy (non-hydrogen) atoms. The van der Waals surface area contributed by atoms with Gasteiger partial charge in [-0.05, 0) is 44.1 Å². The molecule has 0 aliphatic heterocycles. The quantitative estimate of drug-likeness (QED) is 0.198. The predicted molar refractivity (Wildman–Crippen MR) is 155 cm³/mol. The van der Waals surface area contributed by atoms with E-state index >= 15 is 0 Å². The Morgan fingerprint density at radius 3 is 2.90 bits per heavy atom. The number of ether oxygens (including phenoxy) is 1. The molecule has 5 rings (SSSR count). The van der Waals surface area contributed by atoms with Gasteiger partial charge >= 0.3 is 0 Å². The number of rotatable bonds is 13. The fraction of sp³-hybridized carbons (Fsp3) is 0.333. The molecule has 0 radical (unpaired) electrons. The summed E-state index contributed by atoms with van der Waals surface area (Å²) in [4.78, 5) is 27.7. The maximum Gasteiger partial charge on any atom is 0.246 e. The Bertz CT molecular complexity index is 1630. The summed E-state index contributed by atoms with van der Waals surface area (Å²) in [5, 5.41) is 11.1. The van der Waals surface area contributed by atoms with Crippen LogP contribution in [0.15, 0.2) is 49.3 Å². The van der Waals surface area contributed by atoms with Crippen LogP contribution in [0, 0.1) is 12.7 Å². The zero-order valence-corrected chi connectivity index (χ0v) is 23.9. The van der Waals surface area contributed by atoms with Crippen LogP contribution in [0.25, 0.3) is 16.9 Å². The Morgan fingerprint density at radius 1 is 1.22 bits per heavy atom. The van der Waals surface area contributed by atoms with Gasteiger partial charge in [0.2, 0.25) is 5.91 Å². The lowest BCUT2D eigenvalue weighted by molar-refractivity contribution is -0.116. The van der Waals surface area contributed by atoms with Gasteiger partial charge in [-0.3, -0.25) is 23.8 Å². The van der Waals surface area contributed by atoms with Crippen molar-refractivity contribution >= 4 is 39.6 Å². The number of fused-ring (bicyclic) bond motifs is 1. The first kappa shape index (κ1) is 28.3. The first-order chi connectivity index (χ1) is 19.9. The highest BCUT2D eigenvalue weighted by atomic mass is 32.1. The van der Waals surface area contributed by atoms with E-state index in [9.17, 15) is 9.18 Å². The molecule has 14 heteroatoms. The monoisotopic (exact) mass is 578 g/mol. The van der Waals surface area contributed by atoms with E-state index in [0.717, 1.165) is 53.5 Å². The number of hydrogen-bond donors (Lipinski definition) is 2. The zero-order chi connectivity index (χ0) is 28.8. The maximum atomic E-state index is 13.8. The van der Waals surface area contributed by atoms with Crippen molar-refractivity contribution in [1.82, 2.24) is 38.4 Å². The zero-order valence-electron chi connectivity index (χ0n) is 23.0. The smallest absolute Gasteiger partial charge is 0.246 e. The van der Waals surface area contributed by atoms with Crippen molar-refractivity contribution in [3.05, 3.63) is 66.5 Å². The molecule has 0 spiro atoms. The van der Waals surface area contributed by atoms with Crippen LogP contribution >= 0.6 is 11.5 Å². The lowest BCUT2D eigenvalue weighted by Crippen LogP contribution is -2.27. The van der Waals surface area contributed by atoms with E-state index in [-0.39, 0.29) is 12.2 Å². The summed E-state index contributed by atoms with van der Waals surface area (Å²) in [6.07, 6.45) is 9.50. The van der Waals surface area contributed by atoms with Crippen molar-refractivity contribution < 1.29 is 13.9 Å². The van der Waals surface area contributed by atoms with Gasteiger partial charge in [0.1, 0.15) is 11.5 Å². The molecular formula is C27H31FN10O2S. The third-order valence-electron chi connectivity index (χ3n) is 6.28. The van der Waals surface area contributed by atoms with Gasteiger partial charge in [0.05, 0.1) is 48.0 Å². The molecule has 2 N–H and O–H groups in total. The Balaban J connectivity index is 1.29. The van der Waals surface area contributed by atoms with Crippen LogP contribution in [-0.2, 0) is 22.6 Å². The minimum absolute atomic E-state index is 0.0690. The van der Waals surface area contributed by atoms with Crippen molar-refractivity contribution in [3.63, 3.8) is 0 Å². The Hall–Kier alpha value is -4.27. The largest absolute Gasteiger partial charge is 0.380 e. The van der Waals surface area contributed by atoms with Gasteiger partial charge in [-0.15, -0.1) is 0 Å². The molecule has 12 nitrogen and oxygen atoms in total. The highest BCUT2D eigenvalue weighted by Gasteiger charge is 2.16. The lowest BCUT2D eigenvalue weighted by atomic mass is 10.3. The Labute approximate surface area is 240 Å². The van der Waals surface area contributed by atoms with Crippen LogP contribution in [-0.4, -0.2) is 70.6 Å². The third-order valence-corrected chi connectivity index (χ3v) is 7.03. The van der Waals surface area contributed by atoms with Crippen LogP contribution < -0.4 is 10.6 Å². The summed E-state index contributed by atoms with van der Waals surface area (Å²) in [6.45, 7) is 9.87. The lowest BCUT2D eigenvalue weighted by Gasteiger charge is -2.18. The van der Waals surface area contributed by atoms with E-state index in [1.54, 1.807) is 18.6 Å². The molecule has 0 bridgehead atoms. The van der Waals surface area contributed by atoms with E-state index < -0.39 is 11.7 Å². The summed E-state index contributed by atoms with van der Waals surface area (Å²) >= 11 is 1.38. The van der Waals surface area contributed by atoms with Gasteiger partial charge in [0.25, 0.3) is 0 Å². The fourth-order valence-corrected chi connectivity index (χ4v) is 4.94. The topological polar surface area (TPSA) is 127 Å². The Kier molecular flexibility index (Phi) is 8.91. The number of carbonyl (C=O) groups is 1. The van der Waals surface area contributed by atoms with Crippen molar-refractivity contribution in [2.24, 2.45) is 0 Å². The molecule has 1 amide bonds. The minimum Gasteiger partial charge on any atom is -0.380 e. The van der Waals surface area contributed by atoms with Crippen molar-refractivity contribution in [1.29, 1.82) is 0 Å². The van der Waals surface area contributed by atoms with E-state index in [2.05, 4.69) is 46.9 Å². The molecule has 5 aromatic rings. The standard InChI is InChI=1S/C27H31FN10O2S/c1-4-36(8-9-40-5-2)16-20-10-25(41-35-20)34-26-27-30-13-23(38(27)14-18(3)32-26)19-11-31-37(15-19)17-24(39)33-22-6-7-29-12-21(22)28/h6-7,10-15H,4-5,8-9,16-17H2,1-3H3,(H,32,34)(H,29,33,39). The van der Waals surface area contributed by atoms with E-state index in [1.807, 2.05) is 30.5 Å². The molecule has 0 aromatic carbocycles. The molecule has 0 atom stereocenters. The summed E-state index contributed by atoms with van der Waals surface area (Å²) in [5.74, 6) is -0.396. The second-order valence-corrected chi connectivity index (χ2v) is 10.1.